The smallest absolute Gasteiger partial charge is 0.243 e. The number of piperidine rings is 1. The largest absolute Gasteiger partial charge is 0.293 e. The minimum absolute atomic E-state index is 0.101. The average Bonchev–Trinajstić information content (AvgIpc) is 2.46. The van der Waals surface area contributed by atoms with E-state index in [4.69, 9.17) is 11.6 Å². The number of nitrogens with zero attached hydrogens (tertiary/aromatic N) is 1. The van der Waals surface area contributed by atoms with Crippen LogP contribution in [0.3, 0.4) is 0 Å². The molecule has 1 aromatic carbocycles. The minimum Gasteiger partial charge on any atom is -0.293 e. The van der Waals surface area contributed by atoms with Gasteiger partial charge < -0.3 is 0 Å². The van der Waals surface area contributed by atoms with Crippen molar-refractivity contribution < 1.29 is 13.2 Å². The topological polar surface area (TPSA) is 54.5 Å². The van der Waals surface area contributed by atoms with Gasteiger partial charge in [-0.05, 0) is 30.9 Å². The van der Waals surface area contributed by atoms with Crippen LogP contribution in [-0.2, 0) is 10.0 Å². The lowest BCUT2D eigenvalue weighted by Gasteiger charge is -2.30. The van der Waals surface area contributed by atoms with E-state index in [1.165, 1.54) is 28.6 Å². The number of halogens is 1. The number of rotatable bonds is 4. The Morgan fingerprint density at radius 2 is 2.00 bits per heavy atom. The van der Waals surface area contributed by atoms with Crippen molar-refractivity contribution in [2.45, 2.75) is 24.7 Å². The van der Waals surface area contributed by atoms with Crippen LogP contribution < -0.4 is 0 Å². The number of sulfonamides is 1. The Balaban J connectivity index is 2.23. The average molecular weight is 316 g/mol. The maximum Gasteiger partial charge on any atom is 0.243 e. The second kappa shape index (κ2) is 6.24. The van der Waals surface area contributed by atoms with Gasteiger partial charge in [-0.25, -0.2) is 8.42 Å². The number of carbonyl (C=O) groups is 1. The second-order valence-corrected chi connectivity index (χ2v) is 7.40. The first-order valence-electron chi connectivity index (χ1n) is 6.64. The fraction of sp³-hybridized carbons (Fsp3) is 0.500. The van der Waals surface area contributed by atoms with Gasteiger partial charge in [0.05, 0.1) is 10.8 Å². The maximum absolute atomic E-state index is 12.5. The summed E-state index contributed by atoms with van der Waals surface area (Å²) in [6.45, 7) is 3.18. The van der Waals surface area contributed by atoms with Crippen molar-refractivity contribution in [2.75, 3.05) is 19.0 Å². The normalized spacial score (nSPS) is 20.8. The summed E-state index contributed by atoms with van der Waals surface area (Å²) in [6.07, 6.45) is 1.96. The molecule has 1 heterocycles. The predicted octanol–water partition coefficient (Wildman–Crippen LogP) is 2.53. The van der Waals surface area contributed by atoms with E-state index in [-0.39, 0.29) is 16.6 Å². The summed E-state index contributed by atoms with van der Waals surface area (Å²) in [7, 11) is -3.46. The van der Waals surface area contributed by atoms with Crippen LogP contribution in [0.2, 0.25) is 0 Å². The van der Waals surface area contributed by atoms with Crippen molar-refractivity contribution >= 4 is 27.4 Å². The van der Waals surface area contributed by atoms with Gasteiger partial charge in [-0.3, -0.25) is 4.79 Å². The van der Waals surface area contributed by atoms with Crippen LogP contribution in [-0.4, -0.2) is 37.5 Å². The molecule has 1 aliphatic rings. The molecule has 1 aromatic rings. The van der Waals surface area contributed by atoms with Crippen LogP contribution in [0, 0.1) is 5.92 Å². The molecular formula is C14H18ClNO3S. The first kappa shape index (κ1) is 15.5. The third-order valence-electron chi connectivity index (χ3n) is 3.56. The molecule has 2 rings (SSSR count). The van der Waals surface area contributed by atoms with Crippen molar-refractivity contribution in [3.63, 3.8) is 0 Å². The molecule has 0 saturated carbocycles. The predicted molar refractivity (Wildman–Crippen MR) is 78.6 cm³/mol. The zero-order valence-electron chi connectivity index (χ0n) is 11.4. The molecule has 1 atom stereocenters. The molecule has 110 valence electrons. The summed E-state index contributed by atoms with van der Waals surface area (Å²) in [5.74, 6) is 0.0771. The van der Waals surface area contributed by atoms with Gasteiger partial charge in [-0.15, -0.1) is 11.6 Å². The number of hydrogen-bond acceptors (Lipinski definition) is 3. The molecule has 1 aliphatic heterocycles. The first-order valence-corrected chi connectivity index (χ1v) is 8.62. The molecule has 0 bridgehead atoms. The van der Waals surface area contributed by atoms with Crippen molar-refractivity contribution in [3.8, 4) is 0 Å². The summed E-state index contributed by atoms with van der Waals surface area (Å²) in [5.41, 5.74) is 0.436. The lowest BCUT2D eigenvalue weighted by atomic mass is 10.0. The number of carbonyl (C=O) groups excluding carboxylic acids is 1. The summed E-state index contributed by atoms with van der Waals surface area (Å²) in [5, 5.41) is 0. The molecule has 0 radical (unpaired) electrons. The van der Waals surface area contributed by atoms with Gasteiger partial charge in [0.1, 0.15) is 0 Å². The lowest BCUT2D eigenvalue weighted by Crippen LogP contribution is -2.39. The van der Waals surface area contributed by atoms with Gasteiger partial charge in [0.2, 0.25) is 10.0 Å². The molecule has 0 spiro atoms. The number of ketones is 1. The molecule has 0 amide bonds. The van der Waals surface area contributed by atoms with Crippen LogP contribution in [0.5, 0.6) is 0 Å². The van der Waals surface area contributed by atoms with Gasteiger partial charge >= 0.3 is 0 Å². The molecule has 1 fully saturated rings. The van der Waals surface area contributed by atoms with Crippen LogP contribution in [0.1, 0.15) is 30.1 Å². The van der Waals surface area contributed by atoms with E-state index < -0.39 is 10.0 Å². The Kier molecular flexibility index (Phi) is 4.83. The van der Waals surface area contributed by atoms with Gasteiger partial charge in [-0.2, -0.15) is 4.31 Å². The Morgan fingerprint density at radius 1 is 1.35 bits per heavy atom. The molecule has 4 nitrogen and oxygen atoms in total. The fourth-order valence-corrected chi connectivity index (χ4v) is 4.16. The standard InChI is InChI=1S/C14H18ClNO3S/c1-11-3-2-8-16(10-11)20(18,19)13-6-4-12(5-7-13)14(17)9-15/h4-7,11H,2-3,8-10H2,1H3. The Bertz CT molecular complexity index is 583. The van der Waals surface area contributed by atoms with E-state index in [9.17, 15) is 13.2 Å². The first-order chi connectivity index (χ1) is 9.45. The van der Waals surface area contributed by atoms with Gasteiger partial charge in [0, 0.05) is 18.7 Å². The van der Waals surface area contributed by atoms with Crippen LogP contribution in [0.15, 0.2) is 29.2 Å². The van der Waals surface area contributed by atoms with E-state index in [0.717, 1.165) is 12.8 Å². The van der Waals surface area contributed by atoms with Crippen LogP contribution in [0.25, 0.3) is 0 Å². The molecular weight excluding hydrogens is 298 g/mol. The fourth-order valence-electron chi connectivity index (χ4n) is 2.40. The highest BCUT2D eigenvalue weighted by molar-refractivity contribution is 7.89. The van der Waals surface area contributed by atoms with E-state index >= 15 is 0 Å². The number of benzene rings is 1. The molecule has 0 aromatic heterocycles. The summed E-state index contributed by atoms with van der Waals surface area (Å²) >= 11 is 5.48. The number of hydrogen-bond donors (Lipinski definition) is 0. The molecule has 0 aliphatic carbocycles. The van der Waals surface area contributed by atoms with E-state index in [1.54, 1.807) is 0 Å². The van der Waals surface area contributed by atoms with Crippen molar-refractivity contribution in [1.82, 2.24) is 4.31 Å². The van der Waals surface area contributed by atoms with Crippen molar-refractivity contribution in [2.24, 2.45) is 5.92 Å². The van der Waals surface area contributed by atoms with Crippen LogP contribution >= 0.6 is 11.6 Å². The monoisotopic (exact) mass is 315 g/mol. The van der Waals surface area contributed by atoms with Gasteiger partial charge in [-0.1, -0.05) is 19.1 Å². The zero-order valence-corrected chi connectivity index (χ0v) is 13.0. The van der Waals surface area contributed by atoms with E-state index in [1.807, 2.05) is 0 Å². The van der Waals surface area contributed by atoms with Gasteiger partial charge in [0.25, 0.3) is 0 Å². The number of Topliss-reactive ketones (excluding diaryl/α,β-unsaturated/α-hetero) is 1. The SMILES string of the molecule is CC1CCCN(S(=O)(=O)c2ccc(C(=O)CCl)cc2)C1. The Labute approximate surface area is 124 Å². The quantitative estimate of drug-likeness (QED) is 0.634. The molecule has 6 heteroatoms. The second-order valence-electron chi connectivity index (χ2n) is 5.19. The lowest BCUT2D eigenvalue weighted by molar-refractivity contribution is 0.102. The molecule has 1 saturated heterocycles. The maximum atomic E-state index is 12.5. The highest BCUT2D eigenvalue weighted by atomic mass is 35.5. The highest BCUT2D eigenvalue weighted by Gasteiger charge is 2.28. The van der Waals surface area contributed by atoms with Crippen LogP contribution in [0.4, 0.5) is 0 Å². The summed E-state index contributed by atoms with van der Waals surface area (Å²) < 4.78 is 26.5. The third kappa shape index (κ3) is 3.22. The Hall–Kier alpha value is -0.910. The zero-order chi connectivity index (χ0) is 14.8. The summed E-state index contributed by atoms with van der Waals surface area (Å²) in [4.78, 5) is 11.7. The van der Waals surface area contributed by atoms with Crippen molar-refractivity contribution in [3.05, 3.63) is 29.8 Å². The van der Waals surface area contributed by atoms with E-state index in [0.29, 0.717) is 24.6 Å². The third-order valence-corrected chi connectivity index (χ3v) is 5.68. The van der Waals surface area contributed by atoms with Crippen molar-refractivity contribution in [1.29, 1.82) is 0 Å². The Morgan fingerprint density at radius 3 is 2.55 bits per heavy atom. The number of alkyl halides is 1. The van der Waals surface area contributed by atoms with Gasteiger partial charge in [0.15, 0.2) is 5.78 Å². The van der Waals surface area contributed by atoms with E-state index in [2.05, 4.69) is 6.92 Å². The summed E-state index contributed by atoms with van der Waals surface area (Å²) in [6, 6.07) is 6.00. The molecule has 0 N–H and O–H groups in total. The highest BCUT2D eigenvalue weighted by Crippen LogP contribution is 2.23. The molecule has 1 unspecified atom stereocenters. The molecule has 20 heavy (non-hydrogen) atoms. The minimum atomic E-state index is -3.46.